The molecule has 0 nitrogen and oxygen atoms in total. The maximum absolute atomic E-state index is 4.06. The molecular weight excluding hydrogens is 236 g/mol. The van der Waals surface area contributed by atoms with Crippen molar-refractivity contribution in [2.45, 2.75) is 56.7 Å². The molecule has 14 heavy (non-hydrogen) atoms. The van der Waals surface area contributed by atoms with Crippen LogP contribution in [0.4, 0.5) is 0 Å². The first-order valence-corrected chi connectivity index (χ1v) is 7.00. The van der Waals surface area contributed by atoms with Gasteiger partial charge in [-0.2, -0.15) is 0 Å². The quantitative estimate of drug-likeness (QED) is 0.612. The summed E-state index contributed by atoms with van der Waals surface area (Å²) in [6.45, 7) is 4.90. The molecule has 0 unspecified atom stereocenters. The summed E-state index contributed by atoms with van der Waals surface area (Å²) in [5.74, 6) is 3.00. The van der Waals surface area contributed by atoms with E-state index in [0.29, 0.717) is 9.74 Å². The van der Waals surface area contributed by atoms with E-state index in [-0.39, 0.29) is 0 Å². The van der Waals surface area contributed by atoms with E-state index in [0.717, 1.165) is 17.8 Å². The van der Waals surface area contributed by atoms with Gasteiger partial charge in [-0.05, 0) is 61.7 Å². The minimum Gasteiger partial charge on any atom is -0.0853 e. The molecule has 0 N–H and O–H groups in total. The molecule has 0 saturated heterocycles. The third kappa shape index (κ3) is 1.24. The van der Waals surface area contributed by atoms with Crippen LogP contribution < -0.4 is 0 Å². The second-order valence-electron chi connectivity index (χ2n) is 6.63. The van der Waals surface area contributed by atoms with Gasteiger partial charge in [-0.15, -0.1) is 0 Å². The molecule has 0 aromatic rings. The highest BCUT2D eigenvalue weighted by Crippen LogP contribution is 2.66. The molecule has 4 rings (SSSR count). The Balaban J connectivity index is 1.96. The summed E-state index contributed by atoms with van der Waals surface area (Å²) < 4.78 is 0.557. The highest BCUT2D eigenvalue weighted by molar-refractivity contribution is 9.10. The Hall–Kier alpha value is 0.480. The van der Waals surface area contributed by atoms with E-state index in [9.17, 15) is 0 Å². The Labute approximate surface area is 96.0 Å². The van der Waals surface area contributed by atoms with Crippen LogP contribution >= 0.6 is 15.9 Å². The first kappa shape index (κ1) is 9.69. The van der Waals surface area contributed by atoms with E-state index >= 15 is 0 Å². The highest BCUT2D eigenvalue weighted by Gasteiger charge is 2.57. The molecule has 0 aromatic heterocycles. The number of hydrogen-bond acceptors (Lipinski definition) is 0. The molecule has 0 spiro atoms. The lowest BCUT2D eigenvalue weighted by molar-refractivity contribution is -0.0631. The molecule has 4 saturated carbocycles. The van der Waals surface area contributed by atoms with Crippen LogP contribution in [0.1, 0.15) is 52.4 Å². The summed E-state index contributed by atoms with van der Waals surface area (Å²) >= 11 is 4.06. The van der Waals surface area contributed by atoms with E-state index in [1.54, 1.807) is 6.42 Å². The molecule has 2 atom stereocenters. The summed E-state index contributed by atoms with van der Waals surface area (Å²) in [7, 11) is 0. The Morgan fingerprint density at radius 2 is 1.64 bits per heavy atom. The molecule has 4 aliphatic rings. The number of rotatable bonds is 1. The van der Waals surface area contributed by atoms with Crippen molar-refractivity contribution in [3.8, 4) is 0 Å². The van der Waals surface area contributed by atoms with Crippen LogP contribution in [0.25, 0.3) is 0 Å². The minimum absolute atomic E-state index is 0.557. The Morgan fingerprint density at radius 3 is 2.07 bits per heavy atom. The van der Waals surface area contributed by atoms with Gasteiger partial charge in [-0.1, -0.05) is 29.8 Å². The molecular formula is C13H21Br. The maximum Gasteiger partial charge on any atom is 0.0268 e. The van der Waals surface area contributed by atoms with E-state index < -0.39 is 0 Å². The molecule has 0 aromatic carbocycles. The van der Waals surface area contributed by atoms with Crippen LogP contribution in [0.15, 0.2) is 0 Å². The lowest BCUT2D eigenvalue weighted by atomic mass is 9.47. The lowest BCUT2D eigenvalue weighted by Crippen LogP contribution is -2.54. The standard InChI is InChI=1S/C13H21Br/c1-9(2)12-4-10-3-11(5-12)7-13(14,6-10)8-12/h9-11H,3-8H2,1-2H3/t10-,11-,12?,13?/m1/s1. The van der Waals surface area contributed by atoms with Crippen LogP contribution in [0.5, 0.6) is 0 Å². The molecule has 0 amide bonds. The fourth-order valence-electron chi connectivity index (χ4n) is 4.90. The highest BCUT2D eigenvalue weighted by atomic mass is 79.9. The van der Waals surface area contributed by atoms with Gasteiger partial charge in [0, 0.05) is 4.32 Å². The van der Waals surface area contributed by atoms with Gasteiger partial charge in [0.1, 0.15) is 0 Å². The van der Waals surface area contributed by atoms with E-state index in [2.05, 4.69) is 29.8 Å². The zero-order chi connectivity index (χ0) is 9.97. The zero-order valence-electron chi connectivity index (χ0n) is 9.35. The van der Waals surface area contributed by atoms with Crippen molar-refractivity contribution in [2.75, 3.05) is 0 Å². The fraction of sp³-hybridized carbons (Fsp3) is 1.00. The molecule has 4 aliphatic carbocycles. The second kappa shape index (κ2) is 2.78. The maximum atomic E-state index is 4.06. The summed E-state index contributed by atoms with van der Waals surface area (Å²) in [6.07, 6.45) is 9.02. The average molecular weight is 257 g/mol. The SMILES string of the molecule is CC(C)C12C[C@H]3C[C@@H](CC(Br)(C3)C1)C2. The third-order valence-electron chi connectivity index (χ3n) is 5.26. The monoisotopic (exact) mass is 256 g/mol. The molecule has 4 bridgehead atoms. The van der Waals surface area contributed by atoms with Crippen LogP contribution in [0, 0.1) is 23.2 Å². The van der Waals surface area contributed by atoms with Crippen molar-refractivity contribution < 1.29 is 0 Å². The summed E-state index contributed by atoms with van der Waals surface area (Å²) in [5, 5.41) is 0. The van der Waals surface area contributed by atoms with Crippen molar-refractivity contribution in [2.24, 2.45) is 23.2 Å². The summed E-state index contributed by atoms with van der Waals surface area (Å²) in [5.41, 5.74) is 0.716. The van der Waals surface area contributed by atoms with Gasteiger partial charge in [0.05, 0.1) is 0 Å². The predicted octanol–water partition coefficient (Wildman–Crippen LogP) is 4.38. The lowest BCUT2D eigenvalue weighted by Gasteiger charge is -2.62. The number of halogens is 1. The molecule has 1 heteroatoms. The number of alkyl halides is 1. The predicted molar refractivity (Wildman–Crippen MR) is 63.6 cm³/mol. The van der Waals surface area contributed by atoms with Crippen LogP contribution in [0.3, 0.4) is 0 Å². The largest absolute Gasteiger partial charge is 0.0853 e. The molecule has 0 radical (unpaired) electrons. The first-order valence-electron chi connectivity index (χ1n) is 6.20. The Morgan fingerprint density at radius 1 is 1.07 bits per heavy atom. The van der Waals surface area contributed by atoms with Crippen LogP contribution in [-0.2, 0) is 0 Å². The van der Waals surface area contributed by atoms with E-state index in [4.69, 9.17) is 0 Å². The molecule has 0 heterocycles. The Bertz CT molecular complexity index is 242. The first-order chi connectivity index (χ1) is 6.51. The van der Waals surface area contributed by atoms with E-state index in [1.165, 1.54) is 32.1 Å². The van der Waals surface area contributed by atoms with Gasteiger partial charge < -0.3 is 0 Å². The second-order valence-corrected chi connectivity index (χ2v) is 8.31. The van der Waals surface area contributed by atoms with Crippen LogP contribution in [-0.4, -0.2) is 4.32 Å². The Kier molecular flexibility index (Phi) is 1.92. The smallest absolute Gasteiger partial charge is 0.0268 e. The average Bonchev–Trinajstić information content (AvgIpc) is 1.98. The molecule has 4 fully saturated rings. The molecule has 80 valence electrons. The van der Waals surface area contributed by atoms with Gasteiger partial charge in [0.25, 0.3) is 0 Å². The summed E-state index contributed by atoms with van der Waals surface area (Å²) in [4.78, 5) is 0. The van der Waals surface area contributed by atoms with E-state index in [1.807, 2.05) is 0 Å². The minimum atomic E-state index is 0.557. The topological polar surface area (TPSA) is 0 Å². The fourth-order valence-corrected chi connectivity index (χ4v) is 6.37. The third-order valence-corrected chi connectivity index (χ3v) is 6.19. The van der Waals surface area contributed by atoms with Gasteiger partial charge in [-0.25, -0.2) is 0 Å². The normalized spacial score (nSPS) is 55.7. The van der Waals surface area contributed by atoms with Gasteiger partial charge in [-0.3, -0.25) is 0 Å². The van der Waals surface area contributed by atoms with Crippen molar-refractivity contribution >= 4 is 15.9 Å². The van der Waals surface area contributed by atoms with Gasteiger partial charge >= 0.3 is 0 Å². The van der Waals surface area contributed by atoms with Crippen molar-refractivity contribution in [3.63, 3.8) is 0 Å². The zero-order valence-corrected chi connectivity index (χ0v) is 10.9. The molecule has 0 aliphatic heterocycles. The van der Waals surface area contributed by atoms with Crippen LogP contribution in [0.2, 0.25) is 0 Å². The summed E-state index contributed by atoms with van der Waals surface area (Å²) in [6, 6.07) is 0. The number of hydrogen-bond donors (Lipinski definition) is 0. The van der Waals surface area contributed by atoms with Crippen molar-refractivity contribution in [3.05, 3.63) is 0 Å². The van der Waals surface area contributed by atoms with Gasteiger partial charge in [0.2, 0.25) is 0 Å². The van der Waals surface area contributed by atoms with Crippen molar-refractivity contribution in [1.82, 2.24) is 0 Å². The van der Waals surface area contributed by atoms with Crippen molar-refractivity contribution in [1.29, 1.82) is 0 Å². The van der Waals surface area contributed by atoms with Gasteiger partial charge in [0.15, 0.2) is 0 Å².